The van der Waals surface area contributed by atoms with E-state index in [1.54, 1.807) is 30.3 Å². The van der Waals surface area contributed by atoms with E-state index >= 15 is 0 Å². The number of halogens is 2. The van der Waals surface area contributed by atoms with Gasteiger partial charge in [0.05, 0.1) is 21.2 Å². The SMILES string of the molecule is Cc1cccc(OC(=O)c2ccccc2C(=O)Oc2ccc(Cl)c(Cl)c2)c1. The molecule has 0 aromatic heterocycles. The summed E-state index contributed by atoms with van der Waals surface area (Å²) in [7, 11) is 0. The zero-order chi connectivity index (χ0) is 19.4. The highest BCUT2D eigenvalue weighted by molar-refractivity contribution is 6.42. The minimum atomic E-state index is -0.704. The number of carbonyl (C=O) groups excluding carboxylic acids is 2. The number of ether oxygens (including phenoxy) is 2. The molecule has 3 aromatic carbocycles. The van der Waals surface area contributed by atoms with E-state index in [2.05, 4.69) is 0 Å². The zero-order valence-electron chi connectivity index (χ0n) is 14.2. The lowest BCUT2D eigenvalue weighted by Gasteiger charge is -2.10. The third-order valence-electron chi connectivity index (χ3n) is 3.67. The Labute approximate surface area is 166 Å². The summed E-state index contributed by atoms with van der Waals surface area (Å²) in [6.07, 6.45) is 0. The van der Waals surface area contributed by atoms with Crippen LogP contribution in [0.1, 0.15) is 26.3 Å². The lowest BCUT2D eigenvalue weighted by molar-refractivity contribution is 0.0692. The molecule has 0 unspecified atom stereocenters. The number of aryl methyl sites for hydroxylation is 1. The second-order valence-corrected chi connectivity index (χ2v) is 6.53. The van der Waals surface area contributed by atoms with Crippen LogP contribution in [0.2, 0.25) is 10.0 Å². The fourth-order valence-corrected chi connectivity index (χ4v) is 2.67. The van der Waals surface area contributed by atoms with Crippen LogP contribution in [-0.2, 0) is 0 Å². The standard InChI is InChI=1S/C21H14Cl2O4/c1-13-5-4-6-14(11-13)26-20(24)16-7-2-3-8-17(16)21(25)27-15-9-10-18(22)19(23)12-15/h2-12H,1H3. The van der Waals surface area contributed by atoms with Gasteiger partial charge in [0, 0.05) is 6.07 Å². The van der Waals surface area contributed by atoms with Crippen molar-refractivity contribution in [2.24, 2.45) is 0 Å². The van der Waals surface area contributed by atoms with E-state index in [0.29, 0.717) is 10.8 Å². The molecule has 0 bridgehead atoms. The van der Waals surface area contributed by atoms with Crippen LogP contribution in [0.3, 0.4) is 0 Å². The molecule has 3 rings (SSSR count). The number of hydrogen-bond donors (Lipinski definition) is 0. The monoisotopic (exact) mass is 400 g/mol. The Kier molecular flexibility index (Phi) is 5.79. The fourth-order valence-electron chi connectivity index (χ4n) is 2.38. The summed E-state index contributed by atoms with van der Waals surface area (Å²) in [5, 5.41) is 0.604. The first kappa shape index (κ1) is 19.0. The Balaban J connectivity index is 1.83. The maximum absolute atomic E-state index is 12.5. The van der Waals surface area contributed by atoms with Gasteiger partial charge in [-0.25, -0.2) is 9.59 Å². The van der Waals surface area contributed by atoms with E-state index in [-0.39, 0.29) is 21.9 Å². The average molecular weight is 401 g/mol. The van der Waals surface area contributed by atoms with Crippen molar-refractivity contribution in [2.45, 2.75) is 6.92 Å². The van der Waals surface area contributed by atoms with Gasteiger partial charge in [-0.3, -0.25) is 0 Å². The molecule has 6 heteroatoms. The molecule has 0 radical (unpaired) electrons. The summed E-state index contributed by atoms with van der Waals surface area (Å²) in [6, 6.07) is 17.8. The third-order valence-corrected chi connectivity index (χ3v) is 4.41. The van der Waals surface area contributed by atoms with Crippen molar-refractivity contribution in [2.75, 3.05) is 0 Å². The summed E-state index contributed by atoms with van der Waals surface area (Å²) in [5.74, 6) is -0.739. The zero-order valence-corrected chi connectivity index (χ0v) is 15.8. The Bertz CT molecular complexity index is 1010. The van der Waals surface area contributed by atoms with Crippen LogP contribution in [0.25, 0.3) is 0 Å². The molecule has 0 N–H and O–H groups in total. The normalized spacial score (nSPS) is 10.3. The summed E-state index contributed by atoms with van der Waals surface area (Å²) < 4.78 is 10.7. The minimum absolute atomic E-state index is 0.0845. The molecule has 0 aliphatic rings. The first-order chi connectivity index (χ1) is 12.9. The molecule has 4 nitrogen and oxygen atoms in total. The molecular formula is C21H14Cl2O4. The van der Waals surface area contributed by atoms with Crippen LogP contribution < -0.4 is 9.47 Å². The van der Waals surface area contributed by atoms with E-state index in [1.807, 2.05) is 13.0 Å². The molecule has 136 valence electrons. The second kappa shape index (κ2) is 8.25. The maximum atomic E-state index is 12.5. The van der Waals surface area contributed by atoms with Gasteiger partial charge >= 0.3 is 11.9 Å². The highest BCUT2D eigenvalue weighted by atomic mass is 35.5. The van der Waals surface area contributed by atoms with Crippen molar-refractivity contribution in [3.8, 4) is 11.5 Å². The van der Waals surface area contributed by atoms with Crippen molar-refractivity contribution in [1.29, 1.82) is 0 Å². The predicted octanol–water partition coefficient (Wildman–Crippen LogP) is 5.74. The van der Waals surface area contributed by atoms with Crippen LogP contribution in [0, 0.1) is 6.92 Å². The Morgan fingerprint density at radius 2 is 1.30 bits per heavy atom. The van der Waals surface area contributed by atoms with Gasteiger partial charge in [-0.2, -0.15) is 0 Å². The van der Waals surface area contributed by atoms with Gasteiger partial charge in [-0.15, -0.1) is 0 Å². The van der Waals surface area contributed by atoms with Crippen LogP contribution in [0.5, 0.6) is 11.5 Å². The van der Waals surface area contributed by atoms with Crippen LogP contribution >= 0.6 is 23.2 Å². The van der Waals surface area contributed by atoms with Crippen LogP contribution in [0.15, 0.2) is 66.7 Å². The van der Waals surface area contributed by atoms with E-state index in [4.69, 9.17) is 32.7 Å². The molecule has 0 saturated carbocycles. The van der Waals surface area contributed by atoms with Gasteiger partial charge in [-0.05, 0) is 48.9 Å². The van der Waals surface area contributed by atoms with Gasteiger partial charge in [-0.1, -0.05) is 47.5 Å². The molecule has 3 aromatic rings. The first-order valence-corrected chi connectivity index (χ1v) is 8.75. The minimum Gasteiger partial charge on any atom is -0.423 e. The van der Waals surface area contributed by atoms with E-state index in [1.165, 1.54) is 30.3 Å². The molecule has 0 spiro atoms. The second-order valence-electron chi connectivity index (χ2n) is 5.72. The number of benzene rings is 3. The molecule has 0 saturated heterocycles. The number of rotatable bonds is 4. The smallest absolute Gasteiger partial charge is 0.344 e. The van der Waals surface area contributed by atoms with Gasteiger partial charge in [0.1, 0.15) is 11.5 Å². The molecule has 0 fully saturated rings. The van der Waals surface area contributed by atoms with Gasteiger partial charge in [0.15, 0.2) is 0 Å². The van der Waals surface area contributed by atoms with Crippen LogP contribution in [-0.4, -0.2) is 11.9 Å². The van der Waals surface area contributed by atoms with E-state index < -0.39 is 11.9 Å². The molecule has 27 heavy (non-hydrogen) atoms. The molecule has 0 heterocycles. The van der Waals surface area contributed by atoms with Gasteiger partial charge in [0.2, 0.25) is 0 Å². The summed E-state index contributed by atoms with van der Waals surface area (Å²) in [5.41, 5.74) is 1.14. The first-order valence-electron chi connectivity index (χ1n) is 7.99. The van der Waals surface area contributed by atoms with Crippen molar-refractivity contribution in [3.05, 3.63) is 93.5 Å². The Hall–Kier alpha value is -2.82. The Morgan fingerprint density at radius 1 is 0.704 bits per heavy atom. The predicted molar refractivity (Wildman–Crippen MR) is 104 cm³/mol. The van der Waals surface area contributed by atoms with Crippen molar-refractivity contribution < 1.29 is 19.1 Å². The van der Waals surface area contributed by atoms with E-state index in [9.17, 15) is 9.59 Å². The highest BCUT2D eigenvalue weighted by Crippen LogP contribution is 2.27. The quantitative estimate of drug-likeness (QED) is 0.413. The van der Waals surface area contributed by atoms with Crippen molar-refractivity contribution >= 4 is 35.1 Å². The van der Waals surface area contributed by atoms with E-state index in [0.717, 1.165) is 5.56 Å². The lowest BCUT2D eigenvalue weighted by Crippen LogP contribution is -2.17. The topological polar surface area (TPSA) is 52.6 Å². The van der Waals surface area contributed by atoms with Crippen molar-refractivity contribution in [1.82, 2.24) is 0 Å². The molecule has 0 amide bonds. The maximum Gasteiger partial charge on any atom is 0.344 e. The molecular weight excluding hydrogens is 387 g/mol. The number of esters is 2. The molecule has 0 aliphatic carbocycles. The summed E-state index contributed by atoms with van der Waals surface area (Å²) >= 11 is 11.8. The summed E-state index contributed by atoms with van der Waals surface area (Å²) in [4.78, 5) is 25.1. The van der Waals surface area contributed by atoms with Crippen molar-refractivity contribution in [3.63, 3.8) is 0 Å². The average Bonchev–Trinajstić information content (AvgIpc) is 2.64. The van der Waals surface area contributed by atoms with Crippen LogP contribution in [0.4, 0.5) is 0 Å². The third kappa shape index (κ3) is 4.67. The molecule has 0 aliphatic heterocycles. The van der Waals surface area contributed by atoms with Gasteiger partial charge < -0.3 is 9.47 Å². The Morgan fingerprint density at radius 3 is 1.85 bits per heavy atom. The fraction of sp³-hybridized carbons (Fsp3) is 0.0476. The summed E-state index contributed by atoms with van der Waals surface area (Å²) in [6.45, 7) is 1.89. The molecule has 0 atom stereocenters. The van der Waals surface area contributed by atoms with Gasteiger partial charge in [0.25, 0.3) is 0 Å². The number of carbonyl (C=O) groups is 2. The highest BCUT2D eigenvalue weighted by Gasteiger charge is 2.20. The lowest BCUT2D eigenvalue weighted by atomic mass is 10.1. The number of hydrogen-bond acceptors (Lipinski definition) is 4. The largest absolute Gasteiger partial charge is 0.423 e.